The zero-order valence-electron chi connectivity index (χ0n) is 17.1. The highest BCUT2D eigenvalue weighted by Gasteiger charge is 2.24. The van der Waals surface area contributed by atoms with Crippen molar-refractivity contribution in [2.24, 2.45) is 4.99 Å². The average molecular weight is 503 g/mol. The van der Waals surface area contributed by atoms with Crippen LogP contribution in [0.1, 0.15) is 31.7 Å². The number of para-hydroxylation sites is 1. The summed E-state index contributed by atoms with van der Waals surface area (Å²) in [6, 6.07) is 8.28. The van der Waals surface area contributed by atoms with Crippen molar-refractivity contribution >= 4 is 29.9 Å². The fourth-order valence-electron chi connectivity index (χ4n) is 3.66. The minimum absolute atomic E-state index is 0. The Bertz CT molecular complexity index is 581. The summed E-state index contributed by atoms with van der Waals surface area (Å²) in [4.78, 5) is 7.21. The number of nitrogens with zero attached hydrogens (tertiary/aromatic N) is 2. The van der Waals surface area contributed by atoms with Crippen molar-refractivity contribution in [3.8, 4) is 5.75 Å². The van der Waals surface area contributed by atoms with Crippen LogP contribution in [-0.2, 0) is 15.9 Å². The number of hydrogen-bond acceptors (Lipinski definition) is 4. The quantitative estimate of drug-likeness (QED) is 0.256. The minimum atomic E-state index is 0. The highest BCUT2D eigenvalue weighted by molar-refractivity contribution is 14.0. The molecule has 1 fully saturated rings. The summed E-state index contributed by atoms with van der Waals surface area (Å²) in [6.45, 7) is 7.18. The Morgan fingerprint density at radius 2 is 2.04 bits per heavy atom. The lowest BCUT2D eigenvalue weighted by Gasteiger charge is -2.34. The van der Waals surface area contributed by atoms with Gasteiger partial charge in [-0.25, -0.2) is 4.99 Å². The van der Waals surface area contributed by atoms with Crippen molar-refractivity contribution in [1.82, 2.24) is 10.2 Å². The monoisotopic (exact) mass is 503 g/mol. The number of guanidine groups is 1. The summed E-state index contributed by atoms with van der Waals surface area (Å²) in [5.74, 6) is 2.00. The molecule has 0 radical (unpaired) electrons. The van der Waals surface area contributed by atoms with Gasteiger partial charge < -0.3 is 24.4 Å². The Morgan fingerprint density at radius 1 is 1.25 bits per heavy atom. The van der Waals surface area contributed by atoms with Crippen molar-refractivity contribution in [2.75, 3.05) is 46.5 Å². The smallest absolute Gasteiger partial charge is 0.194 e. The topological polar surface area (TPSA) is 55.3 Å². The molecule has 6 nitrogen and oxygen atoms in total. The van der Waals surface area contributed by atoms with Crippen LogP contribution in [0.5, 0.6) is 5.75 Å². The maximum atomic E-state index is 6.02. The summed E-state index contributed by atoms with van der Waals surface area (Å²) in [6.07, 6.45) is 4.48. The minimum Gasteiger partial charge on any atom is -0.488 e. The molecule has 158 valence electrons. The molecule has 1 unspecified atom stereocenters. The second-order valence-corrected chi connectivity index (χ2v) is 7.15. The number of nitrogens with one attached hydrogen (secondary N) is 1. The van der Waals surface area contributed by atoms with Crippen molar-refractivity contribution in [3.05, 3.63) is 29.8 Å². The van der Waals surface area contributed by atoms with Crippen LogP contribution in [0.15, 0.2) is 29.3 Å². The van der Waals surface area contributed by atoms with Crippen LogP contribution in [0, 0.1) is 0 Å². The summed E-state index contributed by atoms with van der Waals surface area (Å²) in [7, 11) is 1.73. The molecule has 2 heterocycles. The fraction of sp³-hybridized carbons (Fsp3) is 0.667. The molecule has 3 rings (SSSR count). The molecule has 0 aromatic heterocycles. The van der Waals surface area contributed by atoms with Gasteiger partial charge in [0.05, 0.1) is 12.6 Å². The number of likely N-dealkylation sites (tertiary alicyclic amines) is 1. The Balaban J connectivity index is 0.00000280. The van der Waals surface area contributed by atoms with Gasteiger partial charge in [-0.15, -0.1) is 24.0 Å². The van der Waals surface area contributed by atoms with Crippen molar-refractivity contribution in [3.63, 3.8) is 0 Å². The first-order valence-corrected chi connectivity index (χ1v) is 10.2. The van der Waals surface area contributed by atoms with E-state index in [4.69, 9.17) is 19.2 Å². The van der Waals surface area contributed by atoms with E-state index in [1.165, 1.54) is 5.56 Å². The number of benzene rings is 1. The second-order valence-electron chi connectivity index (χ2n) is 7.15. The van der Waals surface area contributed by atoms with Gasteiger partial charge in [-0.1, -0.05) is 18.2 Å². The zero-order valence-corrected chi connectivity index (χ0v) is 19.4. The third-order valence-electron chi connectivity index (χ3n) is 5.08. The van der Waals surface area contributed by atoms with Gasteiger partial charge in [0.2, 0.25) is 0 Å². The Hall–Kier alpha value is -1.06. The van der Waals surface area contributed by atoms with E-state index in [0.29, 0.717) is 12.6 Å². The van der Waals surface area contributed by atoms with E-state index in [0.717, 1.165) is 70.2 Å². The fourth-order valence-corrected chi connectivity index (χ4v) is 3.66. The van der Waals surface area contributed by atoms with Crippen LogP contribution in [-0.4, -0.2) is 69.6 Å². The number of halogens is 1. The van der Waals surface area contributed by atoms with E-state index in [2.05, 4.69) is 29.3 Å². The lowest BCUT2D eigenvalue weighted by atomic mass is 10.1. The molecular weight excluding hydrogens is 469 g/mol. The first-order chi connectivity index (χ1) is 13.3. The first-order valence-electron chi connectivity index (χ1n) is 10.2. The SMILES string of the molecule is CCNC(=NCC1Cc2ccccc2O1)N1CCC(OCCCOC)CC1.I. The summed E-state index contributed by atoms with van der Waals surface area (Å²) >= 11 is 0. The number of rotatable bonds is 8. The van der Waals surface area contributed by atoms with Crippen LogP contribution in [0.2, 0.25) is 0 Å². The molecule has 2 aliphatic heterocycles. The van der Waals surface area contributed by atoms with Gasteiger partial charge in [-0.05, 0) is 37.8 Å². The number of aliphatic imine (C=N–C) groups is 1. The van der Waals surface area contributed by atoms with Crippen LogP contribution >= 0.6 is 24.0 Å². The molecule has 0 aliphatic carbocycles. The lowest BCUT2D eigenvalue weighted by Crippen LogP contribution is -2.47. The van der Waals surface area contributed by atoms with Crippen LogP contribution in [0.4, 0.5) is 0 Å². The lowest BCUT2D eigenvalue weighted by molar-refractivity contribution is 0.00988. The van der Waals surface area contributed by atoms with Crippen LogP contribution < -0.4 is 10.1 Å². The largest absolute Gasteiger partial charge is 0.488 e. The van der Waals surface area contributed by atoms with Gasteiger partial charge in [0.1, 0.15) is 11.9 Å². The Kier molecular flexibility index (Phi) is 10.4. The Labute approximate surface area is 186 Å². The van der Waals surface area contributed by atoms with Gasteiger partial charge in [0.15, 0.2) is 5.96 Å². The molecule has 1 aromatic carbocycles. The molecule has 1 atom stereocenters. The van der Waals surface area contributed by atoms with Gasteiger partial charge >= 0.3 is 0 Å². The van der Waals surface area contributed by atoms with E-state index in [9.17, 15) is 0 Å². The first kappa shape index (κ1) is 23.2. The molecule has 1 saturated heterocycles. The van der Waals surface area contributed by atoms with Gasteiger partial charge in [0.25, 0.3) is 0 Å². The Morgan fingerprint density at radius 3 is 2.75 bits per heavy atom. The molecular formula is C21H34IN3O3. The molecule has 0 bridgehead atoms. The molecule has 2 aliphatic rings. The molecule has 28 heavy (non-hydrogen) atoms. The van der Waals surface area contributed by atoms with Crippen molar-refractivity contribution < 1.29 is 14.2 Å². The molecule has 1 aromatic rings. The number of fused-ring (bicyclic) bond motifs is 1. The third kappa shape index (κ3) is 6.77. The van der Waals surface area contributed by atoms with E-state index in [1.54, 1.807) is 7.11 Å². The number of methoxy groups -OCH3 is 1. The van der Waals surface area contributed by atoms with Crippen molar-refractivity contribution in [2.45, 2.75) is 44.8 Å². The highest BCUT2D eigenvalue weighted by Crippen LogP contribution is 2.28. The van der Waals surface area contributed by atoms with Crippen molar-refractivity contribution in [1.29, 1.82) is 0 Å². The van der Waals surface area contributed by atoms with Gasteiger partial charge in [-0.2, -0.15) is 0 Å². The number of hydrogen-bond donors (Lipinski definition) is 1. The number of piperidine rings is 1. The van der Waals surface area contributed by atoms with Gasteiger partial charge in [-0.3, -0.25) is 0 Å². The van der Waals surface area contributed by atoms with E-state index in [1.807, 2.05) is 12.1 Å². The summed E-state index contributed by atoms with van der Waals surface area (Å²) in [5.41, 5.74) is 1.29. The molecule has 1 N–H and O–H groups in total. The molecule has 0 saturated carbocycles. The summed E-state index contributed by atoms with van der Waals surface area (Å²) in [5, 5.41) is 3.44. The zero-order chi connectivity index (χ0) is 18.9. The predicted octanol–water partition coefficient (Wildman–Crippen LogP) is 3.09. The maximum absolute atomic E-state index is 6.02. The van der Waals surface area contributed by atoms with Crippen LogP contribution in [0.25, 0.3) is 0 Å². The van der Waals surface area contributed by atoms with Gasteiger partial charge in [0, 0.05) is 46.4 Å². The standard InChI is InChI=1S/C21H33N3O3.HI/c1-3-22-21(23-16-19-15-17-7-4-5-8-20(17)27-19)24-11-9-18(10-12-24)26-14-6-13-25-2;/h4-5,7-8,18-19H,3,6,9-16H2,1-2H3,(H,22,23);1H. The normalized spacial score (nSPS) is 19.7. The predicted molar refractivity (Wildman–Crippen MR) is 123 cm³/mol. The third-order valence-corrected chi connectivity index (χ3v) is 5.08. The molecule has 0 spiro atoms. The second kappa shape index (κ2) is 12.5. The highest BCUT2D eigenvalue weighted by atomic mass is 127. The van der Waals surface area contributed by atoms with E-state index < -0.39 is 0 Å². The molecule has 0 amide bonds. The average Bonchev–Trinajstić information content (AvgIpc) is 3.12. The summed E-state index contributed by atoms with van der Waals surface area (Å²) < 4.78 is 17.1. The van der Waals surface area contributed by atoms with E-state index in [-0.39, 0.29) is 30.1 Å². The van der Waals surface area contributed by atoms with E-state index >= 15 is 0 Å². The number of ether oxygens (including phenoxy) is 3. The maximum Gasteiger partial charge on any atom is 0.194 e. The molecule has 7 heteroatoms. The van der Waals surface area contributed by atoms with Crippen LogP contribution in [0.3, 0.4) is 0 Å².